The van der Waals surface area contributed by atoms with Crippen LogP contribution in [0.2, 0.25) is 0 Å². The first-order chi connectivity index (χ1) is 15.7. The minimum atomic E-state index is -3.44. The van der Waals surface area contributed by atoms with Crippen molar-refractivity contribution in [2.75, 3.05) is 6.54 Å². The topological polar surface area (TPSA) is 94.1 Å². The molecular weight excluding hydrogens is 498 g/mol. The SMILES string of the molecule is CC(CNC(=O)c1ccccc1)(Cc1noc(C(F)(F)Br)n1)c1coc(-c2ccccc2)n1. The number of carbonyl (C=O) groups is 1. The maximum Gasteiger partial charge on any atom is 0.378 e. The van der Waals surface area contributed by atoms with Crippen molar-refractivity contribution >= 4 is 21.8 Å². The van der Waals surface area contributed by atoms with Gasteiger partial charge in [0.15, 0.2) is 5.82 Å². The highest BCUT2D eigenvalue weighted by molar-refractivity contribution is 9.09. The molecule has 2 aromatic carbocycles. The van der Waals surface area contributed by atoms with Gasteiger partial charge in [0, 0.05) is 45.4 Å². The second kappa shape index (κ2) is 9.22. The molecule has 0 saturated heterocycles. The number of amides is 1. The minimum Gasteiger partial charge on any atom is -0.444 e. The molecule has 10 heteroatoms. The molecule has 4 rings (SSSR count). The molecule has 170 valence electrons. The van der Waals surface area contributed by atoms with Crippen LogP contribution in [0, 0.1) is 0 Å². The van der Waals surface area contributed by atoms with Gasteiger partial charge in [0.05, 0.1) is 5.69 Å². The Morgan fingerprint density at radius 1 is 1.06 bits per heavy atom. The first kappa shape index (κ1) is 22.8. The zero-order chi connectivity index (χ0) is 23.5. The maximum absolute atomic E-state index is 13.5. The summed E-state index contributed by atoms with van der Waals surface area (Å²) in [5.41, 5.74) is 0.890. The van der Waals surface area contributed by atoms with E-state index >= 15 is 0 Å². The summed E-state index contributed by atoms with van der Waals surface area (Å²) < 4.78 is 37.3. The van der Waals surface area contributed by atoms with E-state index in [1.54, 1.807) is 24.3 Å². The van der Waals surface area contributed by atoms with Gasteiger partial charge in [-0.3, -0.25) is 4.79 Å². The zero-order valence-electron chi connectivity index (χ0n) is 17.5. The third-order valence-electron chi connectivity index (χ3n) is 5.08. The standard InChI is InChI=1S/C23H19BrF2N4O3/c1-22(12-18-29-21(33-30-18)23(24,25)26,14-27-19(31)15-8-4-2-5-9-15)17-13-32-20(28-17)16-10-6-3-7-11-16/h2-11,13H,12,14H2,1H3,(H,27,31). The van der Waals surface area contributed by atoms with E-state index in [1.807, 2.05) is 43.3 Å². The van der Waals surface area contributed by atoms with Gasteiger partial charge in [-0.2, -0.15) is 13.8 Å². The van der Waals surface area contributed by atoms with E-state index in [0.29, 0.717) is 17.1 Å². The second-order valence-electron chi connectivity index (χ2n) is 7.70. The lowest BCUT2D eigenvalue weighted by molar-refractivity contribution is 0.0725. The molecule has 0 saturated carbocycles. The third kappa shape index (κ3) is 5.33. The number of alkyl halides is 3. The van der Waals surface area contributed by atoms with E-state index in [9.17, 15) is 13.6 Å². The smallest absolute Gasteiger partial charge is 0.378 e. The number of oxazole rings is 1. The number of hydrogen-bond acceptors (Lipinski definition) is 6. The summed E-state index contributed by atoms with van der Waals surface area (Å²) in [6.07, 6.45) is 1.55. The molecule has 0 bridgehead atoms. The van der Waals surface area contributed by atoms with Crippen molar-refractivity contribution in [1.82, 2.24) is 20.4 Å². The first-order valence-electron chi connectivity index (χ1n) is 9.99. The Hall–Kier alpha value is -3.40. The van der Waals surface area contributed by atoms with Gasteiger partial charge in [0.2, 0.25) is 5.89 Å². The van der Waals surface area contributed by atoms with Crippen molar-refractivity contribution in [2.45, 2.75) is 23.6 Å². The lowest BCUT2D eigenvalue weighted by atomic mass is 9.83. The second-order valence-corrected chi connectivity index (χ2v) is 8.70. The first-order valence-corrected chi connectivity index (χ1v) is 10.8. The molecule has 0 radical (unpaired) electrons. The van der Waals surface area contributed by atoms with Crippen LogP contribution in [-0.2, 0) is 16.7 Å². The number of halogens is 3. The fourth-order valence-corrected chi connectivity index (χ4v) is 3.43. The van der Waals surface area contributed by atoms with Crippen molar-refractivity contribution in [3.05, 3.63) is 89.9 Å². The van der Waals surface area contributed by atoms with Crippen molar-refractivity contribution < 1.29 is 22.5 Å². The molecule has 0 spiro atoms. The molecule has 7 nitrogen and oxygen atoms in total. The van der Waals surface area contributed by atoms with Gasteiger partial charge in [-0.15, -0.1) is 0 Å². The van der Waals surface area contributed by atoms with E-state index < -0.39 is 16.1 Å². The van der Waals surface area contributed by atoms with Gasteiger partial charge in [0.25, 0.3) is 5.91 Å². The van der Waals surface area contributed by atoms with Gasteiger partial charge in [-0.1, -0.05) is 48.5 Å². The average molecular weight is 517 g/mol. The minimum absolute atomic E-state index is 0.0462. The van der Waals surface area contributed by atoms with Crippen LogP contribution in [-0.4, -0.2) is 27.6 Å². The van der Waals surface area contributed by atoms with Crippen LogP contribution in [0.4, 0.5) is 8.78 Å². The Kier molecular flexibility index (Phi) is 6.37. The highest BCUT2D eigenvalue weighted by Crippen LogP contribution is 2.34. The van der Waals surface area contributed by atoms with Gasteiger partial charge in [-0.05, 0) is 24.3 Å². The lowest BCUT2D eigenvalue weighted by Gasteiger charge is -2.26. The van der Waals surface area contributed by atoms with Crippen LogP contribution >= 0.6 is 15.9 Å². The predicted molar refractivity (Wildman–Crippen MR) is 119 cm³/mol. The summed E-state index contributed by atoms with van der Waals surface area (Å²) in [6, 6.07) is 18.0. The number of nitrogens with one attached hydrogen (secondary N) is 1. The molecule has 0 aliphatic heterocycles. The fraction of sp³-hybridized carbons (Fsp3) is 0.217. The number of rotatable bonds is 8. The Balaban J connectivity index is 1.62. The van der Waals surface area contributed by atoms with Gasteiger partial charge >= 0.3 is 10.7 Å². The molecule has 0 fully saturated rings. The van der Waals surface area contributed by atoms with E-state index in [-0.39, 0.29) is 24.7 Å². The normalized spacial score (nSPS) is 13.5. The lowest BCUT2D eigenvalue weighted by Crippen LogP contribution is -2.41. The Morgan fingerprint density at radius 3 is 2.36 bits per heavy atom. The highest BCUT2D eigenvalue weighted by atomic mass is 79.9. The van der Waals surface area contributed by atoms with Gasteiger partial charge in [0.1, 0.15) is 6.26 Å². The molecule has 2 heterocycles. The van der Waals surface area contributed by atoms with Crippen LogP contribution in [0.15, 0.2) is 75.9 Å². The van der Waals surface area contributed by atoms with E-state index in [4.69, 9.17) is 8.94 Å². The third-order valence-corrected chi connectivity index (χ3v) is 5.42. The summed E-state index contributed by atoms with van der Waals surface area (Å²) in [4.78, 5) is 17.6. The molecule has 4 aromatic rings. The predicted octanol–water partition coefficient (Wildman–Crippen LogP) is 5.10. The summed E-state index contributed by atoms with van der Waals surface area (Å²) in [6.45, 7) is 1.93. The van der Waals surface area contributed by atoms with Crippen molar-refractivity contribution in [3.8, 4) is 11.5 Å². The largest absolute Gasteiger partial charge is 0.444 e. The Morgan fingerprint density at radius 2 is 1.73 bits per heavy atom. The monoisotopic (exact) mass is 516 g/mol. The van der Waals surface area contributed by atoms with Crippen LogP contribution in [0.1, 0.15) is 34.7 Å². The molecule has 2 aromatic heterocycles. The quantitative estimate of drug-likeness (QED) is 0.327. The molecule has 1 amide bonds. The molecule has 0 aliphatic rings. The van der Waals surface area contributed by atoms with Crippen LogP contribution in [0.25, 0.3) is 11.5 Å². The zero-order valence-corrected chi connectivity index (χ0v) is 19.1. The number of nitrogens with zero attached hydrogens (tertiary/aromatic N) is 3. The van der Waals surface area contributed by atoms with Crippen molar-refractivity contribution in [3.63, 3.8) is 0 Å². The summed E-state index contributed by atoms with van der Waals surface area (Å²) in [7, 11) is 0. The highest BCUT2D eigenvalue weighted by Gasteiger charge is 2.38. The molecule has 1 atom stereocenters. The fourth-order valence-electron chi connectivity index (χ4n) is 3.26. The molecule has 1 unspecified atom stereocenters. The number of hydrogen-bond donors (Lipinski definition) is 1. The summed E-state index contributed by atoms with van der Waals surface area (Å²) >= 11 is 2.22. The summed E-state index contributed by atoms with van der Waals surface area (Å²) in [5.74, 6) is -0.690. The van der Waals surface area contributed by atoms with E-state index in [1.165, 1.54) is 6.26 Å². The number of aromatic nitrogens is 3. The van der Waals surface area contributed by atoms with E-state index in [2.05, 4.69) is 36.4 Å². The van der Waals surface area contributed by atoms with Crippen molar-refractivity contribution in [1.29, 1.82) is 0 Å². The molecular formula is C23H19BrF2N4O3. The van der Waals surface area contributed by atoms with Crippen LogP contribution < -0.4 is 5.32 Å². The van der Waals surface area contributed by atoms with Crippen LogP contribution in [0.3, 0.4) is 0 Å². The number of carbonyl (C=O) groups excluding carboxylic acids is 1. The van der Waals surface area contributed by atoms with Crippen LogP contribution in [0.5, 0.6) is 0 Å². The van der Waals surface area contributed by atoms with Crippen molar-refractivity contribution in [2.24, 2.45) is 0 Å². The van der Waals surface area contributed by atoms with Gasteiger partial charge < -0.3 is 14.3 Å². The molecule has 33 heavy (non-hydrogen) atoms. The maximum atomic E-state index is 13.5. The van der Waals surface area contributed by atoms with Gasteiger partial charge in [-0.25, -0.2) is 4.98 Å². The van der Waals surface area contributed by atoms with E-state index in [0.717, 1.165) is 5.56 Å². The average Bonchev–Trinajstić information content (AvgIpc) is 3.49. The molecule has 1 N–H and O–H groups in total. The summed E-state index contributed by atoms with van der Waals surface area (Å²) in [5, 5.41) is 6.56. The Labute approximate surface area is 196 Å². The Bertz CT molecular complexity index is 1230. The molecule has 0 aliphatic carbocycles. The number of benzene rings is 2.